The summed E-state index contributed by atoms with van der Waals surface area (Å²) in [6, 6.07) is 6.84. The summed E-state index contributed by atoms with van der Waals surface area (Å²) in [5.41, 5.74) is 1.91. The molecule has 5 heterocycles. The highest BCUT2D eigenvalue weighted by Gasteiger charge is 2.45. The molecule has 0 radical (unpaired) electrons. The molecular weight excluding hydrogens is 520 g/mol. The summed E-state index contributed by atoms with van der Waals surface area (Å²) >= 11 is 0. The zero-order chi connectivity index (χ0) is 28.3. The zero-order valence-electron chi connectivity index (χ0n) is 22.1. The number of rotatable bonds is 3. The maximum Gasteiger partial charge on any atom is 0.415 e. The van der Waals surface area contributed by atoms with Crippen molar-refractivity contribution >= 4 is 29.1 Å². The minimum Gasteiger partial charge on any atom is -0.465 e. The van der Waals surface area contributed by atoms with Crippen molar-refractivity contribution in [1.29, 1.82) is 0 Å². The van der Waals surface area contributed by atoms with E-state index < -0.39 is 23.8 Å². The average Bonchev–Trinajstić information content (AvgIpc) is 3.32. The number of aryl methyl sites for hydroxylation is 1. The van der Waals surface area contributed by atoms with Crippen LogP contribution in [-0.4, -0.2) is 73.9 Å². The average molecular weight is 549 g/mol. The normalized spacial score (nSPS) is 19.6. The monoisotopic (exact) mass is 548 g/mol. The molecule has 3 aliphatic heterocycles. The Kier molecular flexibility index (Phi) is 6.02. The predicted molar refractivity (Wildman–Crippen MR) is 141 cm³/mol. The molecule has 1 aromatic carbocycles. The standard InChI is InChI=1S/C28H28N4O8/c1-3-16-17-11-15(40-27(37)31-9-7-30(8-10-31)26(35)36)5-6-21(17)29-23-18(16)13-32-22(23)12-20-19(24(32)33)14-39-25(34)28(20,38)4-2/h5-6,11-12,38H,3-4,7-10,13-14H2,1-2H3,(H,35,36)/t28-/m0/s1. The number of aromatic nitrogens is 2. The van der Waals surface area contributed by atoms with Gasteiger partial charge in [-0.25, -0.2) is 19.4 Å². The van der Waals surface area contributed by atoms with E-state index in [2.05, 4.69) is 0 Å². The van der Waals surface area contributed by atoms with Crippen molar-refractivity contribution in [2.45, 2.75) is 45.4 Å². The van der Waals surface area contributed by atoms with E-state index in [-0.39, 0.29) is 62.4 Å². The Bertz CT molecular complexity index is 1660. The van der Waals surface area contributed by atoms with Crippen LogP contribution in [0.3, 0.4) is 0 Å². The fourth-order valence-corrected chi connectivity index (χ4v) is 5.85. The SMILES string of the molecule is CCc1c2c(nc3ccc(OC(=O)N4CCN(C(=O)O)CC4)cc13)-c1cc3c(c(=O)n1C2)COC(=O)[C@]3(O)CC. The van der Waals surface area contributed by atoms with Crippen molar-refractivity contribution in [1.82, 2.24) is 19.4 Å². The number of pyridine rings is 2. The molecule has 1 saturated heterocycles. The molecule has 0 aliphatic carbocycles. The van der Waals surface area contributed by atoms with E-state index >= 15 is 0 Å². The first-order chi connectivity index (χ1) is 19.2. The lowest BCUT2D eigenvalue weighted by Gasteiger charge is -2.32. The Hall–Kier alpha value is -4.45. The van der Waals surface area contributed by atoms with Gasteiger partial charge < -0.3 is 34.1 Å². The van der Waals surface area contributed by atoms with E-state index in [0.717, 1.165) is 16.5 Å². The van der Waals surface area contributed by atoms with Crippen molar-refractivity contribution in [2.24, 2.45) is 0 Å². The highest BCUT2D eigenvalue weighted by Crippen LogP contribution is 2.40. The van der Waals surface area contributed by atoms with Gasteiger partial charge >= 0.3 is 18.2 Å². The van der Waals surface area contributed by atoms with Gasteiger partial charge in [-0.15, -0.1) is 0 Å². The van der Waals surface area contributed by atoms with Crippen LogP contribution >= 0.6 is 0 Å². The highest BCUT2D eigenvalue weighted by atomic mass is 16.6. The predicted octanol–water partition coefficient (Wildman–Crippen LogP) is 2.44. The molecule has 1 atom stereocenters. The quantitative estimate of drug-likeness (QED) is 0.368. The summed E-state index contributed by atoms with van der Waals surface area (Å²) in [5, 5.41) is 21.0. The molecule has 3 aromatic rings. The van der Waals surface area contributed by atoms with Crippen LogP contribution in [0.5, 0.6) is 5.75 Å². The van der Waals surface area contributed by atoms with Crippen molar-refractivity contribution in [3.63, 3.8) is 0 Å². The van der Waals surface area contributed by atoms with Crippen LogP contribution in [0.4, 0.5) is 9.59 Å². The number of hydrogen-bond acceptors (Lipinski definition) is 8. The van der Waals surface area contributed by atoms with Crippen molar-refractivity contribution in [2.75, 3.05) is 26.2 Å². The molecule has 6 rings (SSSR count). The van der Waals surface area contributed by atoms with Gasteiger partial charge in [0.25, 0.3) is 5.56 Å². The Morgan fingerprint density at radius 1 is 1.07 bits per heavy atom. The van der Waals surface area contributed by atoms with Gasteiger partial charge in [0.15, 0.2) is 5.60 Å². The van der Waals surface area contributed by atoms with Crippen LogP contribution in [0, 0.1) is 0 Å². The number of cyclic esters (lactones) is 1. The third-order valence-electron chi connectivity index (χ3n) is 8.14. The number of hydrogen-bond donors (Lipinski definition) is 2. The Morgan fingerprint density at radius 3 is 2.48 bits per heavy atom. The molecule has 2 N–H and O–H groups in total. The number of fused-ring (bicyclic) bond motifs is 5. The van der Waals surface area contributed by atoms with Crippen LogP contribution in [-0.2, 0) is 34.7 Å². The molecule has 12 nitrogen and oxygen atoms in total. The molecule has 208 valence electrons. The first kappa shape index (κ1) is 25.8. The number of carbonyl (C=O) groups is 3. The summed E-state index contributed by atoms with van der Waals surface area (Å²) < 4.78 is 12.4. The van der Waals surface area contributed by atoms with Gasteiger partial charge in [0.05, 0.1) is 29.0 Å². The largest absolute Gasteiger partial charge is 0.465 e. The summed E-state index contributed by atoms with van der Waals surface area (Å²) in [7, 11) is 0. The number of amides is 2. The van der Waals surface area contributed by atoms with E-state index in [9.17, 15) is 24.3 Å². The molecule has 3 aliphatic rings. The molecule has 12 heteroatoms. The molecule has 0 spiro atoms. The van der Waals surface area contributed by atoms with Crippen LogP contribution in [0.1, 0.15) is 42.5 Å². The Labute approximate surface area is 228 Å². The molecule has 40 heavy (non-hydrogen) atoms. The van der Waals surface area contributed by atoms with Gasteiger partial charge in [0, 0.05) is 42.7 Å². The van der Waals surface area contributed by atoms with Crippen LogP contribution in [0.2, 0.25) is 0 Å². The van der Waals surface area contributed by atoms with Gasteiger partial charge in [-0.1, -0.05) is 13.8 Å². The summed E-state index contributed by atoms with van der Waals surface area (Å²) in [4.78, 5) is 57.4. The third-order valence-corrected chi connectivity index (χ3v) is 8.14. The summed E-state index contributed by atoms with van der Waals surface area (Å²) in [6.07, 6.45) is -0.876. The number of carbonyl (C=O) groups excluding carboxylic acids is 2. The van der Waals surface area contributed by atoms with E-state index in [1.165, 1.54) is 9.80 Å². The smallest absolute Gasteiger partial charge is 0.415 e. The van der Waals surface area contributed by atoms with Crippen molar-refractivity contribution in [3.8, 4) is 17.1 Å². The number of aliphatic hydroxyl groups is 1. The van der Waals surface area contributed by atoms with Crippen LogP contribution < -0.4 is 10.3 Å². The Morgan fingerprint density at radius 2 is 1.80 bits per heavy atom. The van der Waals surface area contributed by atoms with Gasteiger partial charge in [0.2, 0.25) is 0 Å². The third kappa shape index (κ3) is 3.81. The molecule has 0 bridgehead atoms. The highest BCUT2D eigenvalue weighted by molar-refractivity contribution is 5.90. The molecular formula is C28H28N4O8. The molecule has 0 saturated carbocycles. The lowest BCUT2D eigenvalue weighted by Crippen LogP contribution is -2.51. The number of esters is 1. The first-order valence-electron chi connectivity index (χ1n) is 13.2. The van der Waals surface area contributed by atoms with Crippen molar-refractivity contribution < 1.29 is 34.1 Å². The van der Waals surface area contributed by atoms with Gasteiger partial charge in [-0.3, -0.25) is 4.79 Å². The second kappa shape index (κ2) is 9.33. The van der Waals surface area contributed by atoms with E-state index in [4.69, 9.17) is 19.6 Å². The van der Waals surface area contributed by atoms with Crippen LogP contribution in [0.25, 0.3) is 22.3 Å². The van der Waals surface area contributed by atoms with E-state index in [1.54, 1.807) is 35.8 Å². The lowest BCUT2D eigenvalue weighted by atomic mass is 9.86. The van der Waals surface area contributed by atoms with E-state index in [1.807, 2.05) is 6.92 Å². The molecule has 2 amide bonds. The van der Waals surface area contributed by atoms with E-state index in [0.29, 0.717) is 29.1 Å². The van der Waals surface area contributed by atoms with Gasteiger partial charge in [0.1, 0.15) is 12.4 Å². The number of nitrogens with zero attached hydrogens (tertiary/aromatic N) is 4. The molecule has 1 fully saturated rings. The first-order valence-corrected chi connectivity index (χ1v) is 13.2. The lowest BCUT2D eigenvalue weighted by molar-refractivity contribution is -0.172. The zero-order valence-corrected chi connectivity index (χ0v) is 22.1. The summed E-state index contributed by atoms with van der Waals surface area (Å²) in [6.45, 7) is 4.67. The van der Waals surface area contributed by atoms with Gasteiger partial charge in [-0.05, 0) is 42.7 Å². The fourth-order valence-electron chi connectivity index (χ4n) is 5.85. The number of ether oxygens (including phenoxy) is 2. The number of carboxylic acid groups (broad SMARTS) is 1. The Balaban J connectivity index is 1.36. The molecule has 0 unspecified atom stereocenters. The maximum atomic E-state index is 13.5. The van der Waals surface area contributed by atoms with Gasteiger partial charge in [-0.2, -0.15) is 0 Å². The fraction of sp³-hybridized carbons (Fsp3) is 0.393. The molecule has 2 aromatic heterocycles. The number of piperazine rings is 1. The topological polar surface area (TPSA) is 152 Å². The second-order valence-corrected chi connectivity index (χ2v) is 10.2. The van der Waals surface area contributed by atoms with Crippen molar-refractivity contribution in [3.05, 3.63) is 56.9 Å². The maximum absolute atomic E-state index is 13.5. The number of benzene rings is 1. The second-order valence-electron chi connectivity index (χ2n) is 10.2. The van der Waals surface area contributed by atoms with Crippen LogP contribution in [0.15, 0.2) is 29.1 Å². The minimum atomic E-state index is -1.89. The summed E-state index contributed by atoms with van der Waals surface area (Å²) in [5.74, 6) is -0.432. The minimum absolute atomic E-state index is 0.0662.